The molecule has 152 valence electrons. The highest BCUT2D eigenvalue weighted by Crippen LogP contribution is 2.25. The molecule has 2 aromatic rings. The third-order valence-corrected chi connectivity index (χ3v) is 3.18. The van der Waals surface area contributed by atoms with Gasteiger partial charge in [-0.1, -0.05) is 18.2 Å². The Kier molecular flexibility index (Phi) is 10.5. The second-order valence-corrected chi connectivity index (χ2v) is 5.33. The van der Waals surface area contributed by atoms with Crippen LogP contribution in [0.1, 0.15) is 5.69 Å². The second kappa shape index (κ2) is 12.9. The number of para-hydroxylation sites is 2. The van der Waals surface area contributed by atoms with Crippen molar-refractivity contribution in [1.82, 2.24) is 10.3 Å². The average Bonchev–Trinajstić information content (AvgIpc) is 2.68. The second-order valence-electron chi connectivity index (χ2n) is 5.33. The summed E-state index contributed by atoms with van der Waals surface area (Å²) in [5, 5.41) is 18.0. The number of carboxylic acids is 2. The van der Waals surface area contributed by atoms with Crippen molar-refractivity contribution in [2.24, 2.45) is 0 Å². The van der Waals surface area contributed by atoms with Gasteiger partial charge in [0.1, 0.15) is 13.2 Å². The number of nitrogens with one attached hydrogen (secondary N) is 1. The molecule has 0 saturated heterocycles. The molecular formula is C19H24N2O7. The lowest BCUT2D eigenvalue weighted by molar-refractivity contribution is -0.159. The Hall–Kier alpha value is -3.33. The van der Waals surface area contributed by atoms with Gasteiger partial charge in [-0.2, -0.15) is 0 Å². The fourth-order valence-electron chi connectivity index (χ4n) is 1.92. The highest BCUT2D eigenvalue weighted by Gasteiger charge is 2.04. The average molecular weight is 392 g/mol. The Bertz CT molecular complexity index is 741. The van der Waals surface area contributed by atoms with Crippen LogP contribution in [0.5, 0.6) is 17.4 Å². The van der Waals surface area contributed by atoms with Gasteiger partial charge in [0.2, 0.25) is 5.88 Å². The van der Waals surface area contributed by atoms with Gasteiger partial charge in [-0.15, -0.1) is 0 Å². The van der Waals surface area contributed by atoms with Crippen molar-refractivity contribution in [3.63, 3.8) is 0 Å². The van der Waals surface area contributed by atoms with Crippen LogP contribution in [0, 0.1) is 6.92 Å². The highest BCUT2D eigenvalue weighted by atomic mass is 16.5. The largest absolute Gasteiger partial charge is 0.493 e. The van der Waals surface area contributed by atoms with Crippen molar-refractivity contribution < 1.29 is 34.0 Å². The number of aryl methyl sites for hydroxylation is 1. The van der Waals surface area contributed by atoms with Crippen LogP contribution in [-0.2, 0) is 9.59 Å². The lowest BCUT2D eigenvalue weighted by Crippen LogP contribution is -2.26. The number of hydrogen-bond donors (Lipinski definition) is 3. The zero-order valence-electron chi connectivity index (χ0n) is 15.8. The molecule has 3 N–H and O–H groups in total. The molecule has 0 spiro atoms. The third-order valence-electron chi connectivity index (χ3n) is 3.18. The Labute approximate surface area is 162 Å². The number of aliphatic carboxylic acids is 2. The SMILES string of the molecule is COc1ccccc1OCCNCCOc1cccc(C)n1.O=C(O)C(=O)O. The van der Waals surface area contributed by atoms with E-state index in [1.807, 2.05) is 49.4 Å². The molecule has 9 nitrogen and oxygen atoms in total. The third kappa shape index (κ3) is 9.39. The van der Waals surface area contributed by atoms with Crippen LogP contribution in [0.4, 0.5) is 0 Å². The summed E-state index contributed by atoms with van der Waals surface area (Å²) in [7, 11) is 1.64. The van der Waals surface area contributed by atoms with Gasteiger partial charge in [0, 0.05) is 24.8 Å². The Morgan fingerprint density at radius 1 is 0.929 bits per heavy atom. The fourth-order valence-corrected chi connectivity index (χ4v) is 1.92. The monoisotopic (exact) mass is 392 g/mol. The maximum atomic E-state index is 9.10. The maximum Gasteiger partial charge on any atom is 0.414 e. The lowest BCUT2D eigenvalue weighted by Gasteiger charge is -2.11. The van der Waals surface area contributed by atoms with Gasteiger partial charge in [-0.3, -0.25) is 0 Å². The molecule has 0 aliphatic carbocycles. The van der Waals surface area contributed by atoms with Gasteiger partial charge in [-0.25, -0.2) is 14.6 Å². The molecule has 0 radical (unpaired) electrons. The fraction of sp³-hybridized carbons (Fsp3) is 0.316. The first-order chi connectivity index (χ1) is 13.4. The van der Waals surface area contributed by atoms with Gasteiger partial charge in [0.15, 0.2) is 11.5 Å². The van der Waals surface area contributed by atoms with E-state index in [-0.39, 0.29) is 0 Å². The maximum absolute atomic E-state index is 9.10. The van der Waals surface area contributed by atoms with Crippen molar-refractivity contribution in [2.75, 3.05) is 33.4 Å². The molecule has 0 bridgehead atoms. The summed E-state index contributed by atoms with van der Waals surface area (Å²) in [6.45, 7) is 4.57. The van der Waals surface area contributed by atoms with E-state index >= 15 is 0 Å². The molecule has 0 aliphatic heterocycles. The minimum Gasteiger partial charge on any atom is -0.493 e. The summed E-state index contributed by atoms with van der Waals surface area (Å²) in [6.07, 6.45) is 0. The summed E-state index contributed by atoms with van der Waals surface area (Å²) in [5.74, 6) is -1.49. The molecule has 28 heavy (non-hydrogen) atoms. The van der Waals surface area contributed by atoms with E-state index < -0.39 is 11.9 Å². The number of aromatic nitrogens is 1. The molecule has 0 amide bonds. The first kappa shape index (κ1) is 22.7. The minimum atomic E-state index is -1.82. The number of nitrogens with zero attached hydrogens (tertiary/aromatic N) is 1. The van der Waals surface area contributed by atoms with Crippen molar-refractivity contribution in [3.8, 4) is 17.4 Å². The van der Waals surface area contributed by atoms with E-state index in [4.69, 9.17) is 34.0 Å². The van der Waals surface area contributed by atoms with Gasteiger partial charge in [0.05, 0.1) is 7.11 Å². The van der Waals surface area contributed by atoms with Gasteiger partial charge in [0.25, 0.3) is 0 Å². The standard InChI is InChI=1S/C17H22N2O3.C2H2O4/c1-14-6-5-9-17(19-14)22-13-11-18-10-12-21-16-8-4-3-7-15(16)20-2;3-1(4)2(5)6/h3-9,18H,10-13H2,1-2H3;(H,3,4)(H,5,6). The molecule has 0 fully saturated rings. The molecule has 9 heteroatoms. The molecule has 1 heterocycles. The van der Waals surface area contributed by atoms with Crippen LogP contribution in [-0.4, -0.2) is 60.5 Å². The summed E-state index contributed by atoms with van der Waals surface area (Å²) in [5.41, 5.74) is 0.954. The molecule has 2 rings (SSSR count). The molecule has 1 aromatic heterocycles. The molecule has 0 atom stereocenters. The lowest BCUT2D eigenvalue weighted by atomic mass is 10.3. The number of methoxy groups -OCH3 is 1. The first-order valence-corrected chi connectivity index (χ1v) is 8.43. The Morgan fingerprint density at radius 3 is 2.11 bits per heavy atom. The smallest absolute Gasteiger partial charge is 0.414 e. The number of hydrogen-bond acceptors (Lipinski definition) is 7. The first-order valence-electron chi connectivity index (χ1n) is 8.43. The van der Waals surface area contributed by atoms with Crippen LogP contribution in [0.25, 0.3) is 0 Å². The van der Waals surface area contributed by atoms with Gasteiger partial charge in [-0.05, 0) is 25.1 Å². The molecule has 0 aliphatic rings. The number of rotatable bonds is 9. The molecular weight excluding hydrogens is 368 g/mol. The number of benzene rings is 1. The highest BCUT2D eigenvalue weighted by molar-refractivity contribution is 6.27. The summed E-state index contributed by atoms with van der Waals surface area (Å²) < 4.78 is 16.4. The van der Waals surface area contributed by atoms with Crippen LogP contribution in [0.3, 0.4) is 0 Å². The predicted octanol–water partition coefficient (Wildman–Crippen LogP) is 1.60. The summed E-state index contributed by atoms with van der Waals surface area (Å²) in [6, 6.07) is 13.4. The quantitative estimate of drug-likeness (QED) is 0.431. The molecule has 0 saturated carbocycles. The van der Waals surface area contributed by atoms with E-state index in [1.54, 1.807) is 7.11 Å². The topological polar surface area (TPSA) is 127 Å². The van der Waals surface area contributed by atoms with E-state index in [9.17, 15) is 0 Å². The van der Waals surface area contributed by atoms with Crippen LogP contribution >= 0.6 is 0 Å². The van der Waals surface area contributed by atoms with Crippen molar-refractivity contribution in [2.45, 2.75) is 6.92 Å². The zero-order valence-corrected chi connectivity index (χ0v) is 15.8. The number of ether oxygens (including phenoxy) is 3. The van der Waals surface area contributed by atoms with Gasteiger partial charge >= 0.3 is 11.9 Å². The van der Waals surface area contributed by atoms with Crippen LogP contribution < -0.4 is 19.5 Å². The normalized spacial score (nSPS) is 9.64. The van der Waals surface area contributed by atoms with E-state index in [0.29, 0.717) is 19.1 Å². The predicted molar refractivity (Wildman–Crippen MR) is 101 cm³/mol. The Balaban J connectivity index is 0.000000568. The number of pyridine rings is 1. The summed E-state index contributed by atoms with van der Waals surface area (Å²) in [4.78, 5) is 22.5. The number of carbonyl (C=O) groups is 2. The number of carboxylic acid groups (broad SMARTS) is 2. The zero-order chi connectivity index (χ0) is 20.8. The van der Waals surface area contributed by atoms with Crippen molar-refractivity contribution >= 4 is 11.9 Å². The van der Waals surface area contributed by atoms with E-state index in [1.165, 1.54) is 0 Å². The Morgan fingerprint density at radius 2 is 1.54 bits per heavy atom. The van der Waals surface area contributed by atoms with E-state index in [2.05, 4.69) is 10.3 Å². The minimum absolute atomic E-state index is 0.572. The van der Waals surface area contributed by atoms with Crippen molar-refractivity contribution in [3.05, 3.63) is 48.2 Å². The van der Waals surface area contributed by atoms with E-state index in [0.717, 1.165) is 30.3 Å². The molecule has 1 aromatic carbocycles. The summed E-state index contributed by atoms with van der Waals surface area (Å²) >= 11 is 0. The molecule has 0 unspecified atom stereocenters. The van der Waals surface area contributed by atoms with Crippen LogP contribution in [0.15, 0.2) is 42.5 Å². The van der Waals surface area contributed by atoms with Gasteiger partial charge < -0.3 is 29.7 Å². The van der Waals surface area contributed by atoms with Crippen molar-refractivity contribution in [1.29, 1.82) is 0 Å². The van der Waals surface area contributed by atoms with Crippen LogP contribution in [0.2, 0.25) is 0 Å².